The Bertz CT molecular complexity index is 389. The normalized spacial score (nSPS) is 12.0. The maximum absolute atomic E-state index is 11.9. The van der Waals surface area contributed by atoms with Gasteiger partial charge in [-0.2, -0.15) is 0 Å². The van der Waals surface area contributed by atoms with E-state index in [1.165, 1.54) is 12.8 Å². The number of nitrogens with zero attached hydrogens (tertiary/aromatic N) is 1. The molecule has 1 rings (SSSR count). The number of nitrogens with one attached hydrogen (secondary N) is 1. The van der Waals surface area contributed by atoms with Gasteiger partial charge in [0.2, 0.25) is 0 Å². The first-order chi connectivity index (χ1) is 9.08. The maximum atomic E-state index is 11.9. The highest BCUT2D eigenvalue weighted by Crippen LogP contribution is 2.14. The van der Waals surface area contributed by atoms with Crippen molar-refractivity contribution in [2.24, 2.45) is 5.73 Å². The summed E-state index contributed by atoms with van der Waals surface area (Å²) in [6.07, 6.45) is 2.36. The number of anilines is 1. The molecule has 3 N–H and O–H groups in total. The SMILES string of the molecule is CCCCN(C)c1ccc(C(=O)N[C@@H](C)CN)cc1. The van der Waals surface area contributed by atoms with Gasteiger partial charge in [0.1, 0.15) is 0 Å². The molecule has 1 amide bonds. The number of benzene rings is 1. The Labute approximate surface area is 116 Å². The fourth-order valence-corrected chi connectivity index (χ4v) is 1.76. The molecule has 1 aromatic rings. The molecule has 0 heterocycles. The Morgan fingerprint density at radius 3 is 2.53 bits per heavy atom. The number of carbonyl (C=O) groups excluding carboxylic acids is 1. The Morgan fingerprint density at radius 2 is 2.00 bits per heavy atom. The molecule has 0 aliphatic heterocycles. The zero-order valence-corrected chi connectivity index (χ0v) is 12.1. The first-order valence-corrected chi connectivity index (χ1v) is 6.90. The van der Waals surface area contributed by atoms with Crippen LogP contribution in [0.4, 0.5) is 5.69 Å². The van der Waals surface area contributed by atoms with Crippen molar-refractivity contribution in [2.75, 3.05) is 25.0 Å². The lowest BCUT2D eigenvalue weighted by Gasteiger charge is -2.19. The summed E-state index contributed by atoms with van der Waals surface area (Å²) in [5.41, 5.74) is 7.30. The fraction of sp³-hybridized carbons (Fsp3) is 0.533. The van der Waals surface area contributed by atoms with Crippen molar-refractivity contribution < 1.29 is 4.79 Å². The maximum Gasteiger partial charge on any atom is 0.251 e. The second kappa shape index (κ2) is 7.79. The van der Waals surface area contributed by atoms with Gasteiger partial charge in [0, 0.05) is 37.4 Å². The van der Waals surface area contributed by atoms with Crippen molar-refractivity contribution in [3.63, 3.8) is 0 Å². The van der Waals surface area contributed by atoms with Gasteiger partial charge in [-0.25, -0.2) is 0 Å². The van der Waals surface area contributed by atoms with E-state index in [0.717, 1.165) is 12.2 Å². The van der Waals surface area contributed by atoms with Crippen LogP contribution in [-0.4, -0.2) is 32.1 Å². The van der Waals surface area contributed by atoms with Crippen molar-refractivity contribution in [2.45, 2.75) is 32.7 Å². The largest absolute Gasteiger partial charge is 0.375 e. The van der Waals surface area contributed by atoms with Gasteiger partial charge >= 0.3 is 0 Å². The van der Waals surface area contributed by atoms with Crippen LogP contribution in [0.15, 0.2) is 24.3 Å². The van der Waals surface area contributed by atoms with Crippen LogP contribution in [0.1, 0.15) is 37.0 Å². The van der Waals surface area contributed by atoms with Crippen LogP contribution in [-0.2, 0) is 0 Å². The first-order valence-electron chi connectivity index (χ1n) is 6.90. The van der Waals surface area contributed by atoms with E-state index >= 15 is 0 Å². The third-order valence-corrected chi connectivity index (χ3v) is 3.15. The zero-order chi connectivity index (χ0) is 14.3. The van der Waals surface area contributed by atoms with Gasteiger partial charge < -0.3 is 16.0 Å². The molecule has 0 unspecified atom stereocenters. The molecule has 4 heteroatoms. The Kier molecular flexibility index (Phi) is 6.36. The molecule has 0 aliphatic carbocycles. The third-order valence-electron chi connectivity index (χ3n) is 3.15. The number of amides is 1. The third kappa shape index (κ3) is 4.91. The topological polar surface area (TPSA) is 58.4 Å². The molecule has 0 bridgehead atoms. The highest BCUT2D eigenvalue weighted by atomic mass is 16.1. The van der Waals surface area contributed by atoms with E-state index < -0.39 is 0 Å². The number of rotatable bonds is 7. The molecule has 1 atom stereocenters. The quantitative estimate of drug-likeness (QED) is 0.791. The van der Waals surface area contributed by atoms with Crippen LogP contribution in [0.2, 0.25) is 0 Å². The van der Waals surface area contributed by atoms with E-state index in [1.807, 2.05) is 31.2 Å². The van der Waals surface area contributed by atoms with Crippen LogP contribution in [0.3, 0.4) is 0 Å². The molecule has 0 aliphatic rings. The van der Waals surface area contributed by atoms with Gasteiger partial charge in [-0.1, -0.05) is 13.3 Å². The van der Waals surface area contributed by atoms with Gasteiger partial charge in [0.25, 0.3) is 5.91 Å². The Hall–Kier alpha value is -1.55. The summed E-state index contributed by atoms with van der Waals surface area (Å²) in [7, 11) is 2.07. The molecule has 106 valence electrons. The number of unbranched alkanes of at least 4 members (excludes halogenated alkanes) is 1. The summed E-state index contributed by atoms with van der Waals surface area (Å²) in [4.78, 5) is 14.1. The van der Waals surface area contributed by atoms with Gasteiger partial charge in [-0.05, 0) is 37.6 Å². The monoisotopic (exact) mass is 263 g/mol. The second-order valence-corrected chi connectivity index (χ2v) is 4.93. The lowest BCUT2D eigenvalue weighted by molar-refractivity contribution is 0.0941. The number of hydrogen-bond acceptors (Lipinski definition) is 3. The van der Waals surface area contributed by atoms with Crippen LogP contribution in [0.25, 0.3) is 0 Å². The number of nitrogens with two attached hydrogens (primary N) is 1. The Balaban J connectivity index is 2.62. The molecule has 0 spiro atoms. The number of carbonyl (C=O) groups is 1. The molecular formula is C15H25N3O. The summed E-state index contributed by atoms with van der Waals surface area (Å²) in [6, 6.07) is 7.68. The minimum Gasteiger partial charge on any atom is -0.375 e. The molecule has 0 fully saturated rings. The van der Waals surface area contributed by atoms with Gasteiger partial charge in [0.15, 0.2) is 0 Å². The molecule has 19 heavy (non-hydrogen) atoms. The highest BCUT2D eigenvalue weighted by Gasteiger charge is 2.09. The fourth-order valence-electron chi connectivity index (χ4n) is 1.76. The average molecular weight is 263 g/mol. The smallest absolute Gasteiger partial charge is 0.251 e. The molecule has 1 aromatic carbocycles. The molecule has 0 aromatic heterocycles. The summed E-state index contributed by atoms with van der Waals surface area (Å²) < 4.78 is 0. The Morgan fingerprint density at radius 1 is 1.37 bits per heavy atom. The van der Waals surface area contributed by atoms with E-state index in [9.17, 15) is 4.79 Å². The molecule has 4 nitrogen and oxygen atoms in total. The van der Waals surface area contributed by atoms with Crippen LogP contribution < -0.4 is 16.0 Å². The van der Waals surface area contributed by atoms with Crippen molar-refractivity contribution in [1.82, 2.24) is 5.32 Å². The predicted octanol–water partition coefficient (Wildman–Crippen LogP) is 2.00. The average Bonchev–Trinajstić information content (AvgIpc) is 2.44. The van der Waals surface area contributed by atoms with E-state index in [2.05, 4.69) is 24.2 Å². The van der Waals surface area contributed by atoms with E-state index in [0.29, 0.717) is 12.1 Å². The standard InChI is InChI=1S/C15H25N3O/c1-4-5-10-18(3)14-8-6-13(7-9-14)15(19)17-12(2)11-16/h6-9,12H,4-5,10-11,16H2,1-3H3,(H,17,19)/t12-/m0/s1. The molecule has 0 radical (unpaired) electrons. The summed E-state index contributed by atoms with van der Waals surface area (Å²) in [5, 5.41) is 2.85. The lowest BCUT2D eigenvalue weighted by Crippen LogP contribution is -2.37. The van der Waals surface area contributed by atoms with Crippen molar-refractivity contribution >= 4 is 11.6 Å². The van der Waals surface area contributed by atoms with Crippen molar-refractivity contribution in [3.8, 4) is 0 Å². The highest BCUT2D eigenvalue weighted by molar-refractivity contribution is 5.94. The summed E-state index contributed by atoms with van der Waals surface area (Å²) in [6.45, 7) is 5.56. The molecule has 0 saturated heterocycles. The van der Waals surface area contributed by atoms with E-state index in [-0.39, 0.29) is 11.9 Å². The minimum atomic E-state index is -0.0688. The zero-order valence-electron chi connectivity index (χ0n) is 12.1. The van der Waals surface area contributed by atoms with Crippen LogP contribution >= 0.6 is 0 Å². The first kappa shape index (κ1) is 15.5. The second-order valence-electron chi connectivity index (χ2n) is 4.93. The van der Waals surface area contributed by atoms with Crippen molar-refractivity contribution in [1.29, 1.82) is 0 Å². The van der Waals surface area contributed by atoms with Gasteiger partial charge in [-0.3, -0.25) is 4.79 Å². The minimum absolute atomic E-state index is 0.000552. The summed E-state index contributed by atoms with van der Waals surface area (Å²) >= 11 is 0. The van der Waals surface area contributed by atoms with E-state index in [4.69, 9.17) is 5.73 Å². The van der Waals surface area contributed by atoms with Gasteiger partial charge in [0.05, 0.1) is 0 Å². The predicted molar refractivity (Wildman–Crippen MR) is 80.6 cm³/mol. The molecule has 0 saturated carbocycles. The van der Waals surface area contributed by atoms with E-state index in [1.54, 1.807) is 0 Å². The summed E-state index contributed by atoms with van der Waals surface area (Å²) in [5.74, 6) is -0.0688. The number of hydrogen-bond donors (Lipinski definition) is 2. The van der Waals surface area contributed by atoms with Crippen molar-refractivity contribution in [3.05, 3.63) is 29.8 Å². The van der Waals surface area contributed by atoms with Gasteiger partial charge in [-0.15, -0.1) is 0 Å². The van der Waals surface area contributed by atoms with Crippen LogP contribution in [0.5, 0.6) is 0 Å². The van der Waals surface area contributed by atoms with Crippen LogP contribution in [0, 0.1) is 0 Å². The lowest BCUT2D eigenvalue weighted by atomic mass is 10.1. The molecular weight excluding hydrogens is 238 g/mol.